The van der Waals surface area contributed by atoms with Gasteiger partial charge in [0, 0.05) is 5.39 Å². The Labute approximate surface area is 84.7 Å². The Morgan fingerprint density at radius 3 is 2.53 bits per heavy atom. The summed E-state index contributed by atoms with van der Waals surface area (Å²) < 4.78 is 35.1. The van der Waals surface area contributed by atoms with Crippen LogP contribution in [0.3, 0.4) is 0 Å². The number of benzene rings is 1. The fourth-order valence-electron chi connectivity index (χ4n) is 1.22. The van der Waals surface area contributed by atoms with Gasteiger partial charge in [-0.3, -0.25) is 4.55 Å². The van der Waals surface area contributed by atoms with E-state index in [1.165, 1.54) is 6.07 Å². The second-order valence-electron chi connectivity index (χ2n) is 2.91. The molecule has 6 heteroatoms. The van der Waals surface area contributed by atoms with Crippen molar-refractivity contribution in [1.29, 1.82) is 0 Å². The molecule has 1 aromatic heterocycles. The number of fused-ring (bicyclic) bond motifs is 1. The summed E-state index contributed by atoms with van der Waals surface area (Å²) in [5, 5.41) is 0.435. The van der Waals surface area contributed by atoms with Crippen molar-refractivity contribution in [2.45, 2.75) is 4.90 Å². The van der Waals surface area contributed by atoms with E-state index in [2.05, 4.69) is 0 Å². The van der Waals surface area contributed by atoms with Crippen molar-refractivity contribution in [3.8, 4) is 0 Å². The van der Waals surface area contributed by atoms with Crippen LogP contribution in [0.25, 0.3) is 11.0 Å². The zero-order valence-corrected chi connectivity index (χ0v) is 8.19. The molecule has 0 amide bonds. The summed E-state index contributed by atoms with van der Waals surface area (Å²) in [6, 6.07) is 7.50. The summed E-state index contributed by atoms with van der Waals surface area (Å²) >= 11 is 0. The lowest BCUT2D eigenvalue weighted by Gasteiger charge is -1.98. The summed E-state index contributed by atoms with van der Waals surface area (Å²) in [7, 11) is -4.53. The lowest BCUT2D eigenvalue weighted by molar-refractivity contribution is 0.470. The molecule has 2 rings (SSSR count). The first-order valence-electron chi connectivity index (χ1n) is 3.99. The van der Waals surface area contributed by atoms with Crippen LogP contribution in [-0.4, -0.2) is 13.0 Å². The maximum atomic E-state index is 11.2. The summed E-state index contributed by atoms with van der Waals surface area (Å²) in [6.45, 7) is 0. The zero-order chi connectivity index (χ0) is 11.1. The van der Waals surface area contributed by atoms with Crippen LogP contribution in [0, 0.1) is 0 Å². The van der Waals surface area contributed by atoms with Gasteiger partial charge >= 0.3 is 15.7 Å². The molecular weight excluding hydrogens is 220 g/mol. The van der Waals surface area contributed by atoms with Gasteiger partial charge in [-0.2, -0.15) is 8.42 Å². The molecule has 78 valence electrons. The number of hydrogen-bond acceptors (Lipinski definition) is 4. The van der Waals surface area contributed by atoms with Crippen molar-refractivity contribution < 1.29 is 17.4 Å². The van der Waals surface area contributed by atoms with Crippen LogP contribution in [0.5, 0.6) is 0 Å². The van der Waals surface area contributed by atoms with Gasteiger partial charge in [0.15, 0.2) is 4.90 Å². The monoisotopic (exact) mass is 226 g/mol. The third kappa shape index (κ3) is 1.77. The highest BCUT2D eigenvalue weighted by molar-refractivity contribution is 7.85. The topological polar surface area (TPSA) is 84.6 Å². The highest BCUT2D eigenvalue weighted by atomic mass is 32.2. The molecule has 1 N–H and O–H groups in total. The molecule has 0 fully saturated rings. The molecule has 0 atom stereocenters. The molecule has 0 aliphatic carbocycles. The standard InChI is InChI=1S/C9H6O5S/c10-9-8(15(11,12)13)5-6-3-1-2-4-7(6)14-9/h1-5H,(H,11,12,13). The summed E-state index contributed by atoms with van der Waals surface area (Å²) in [5.74, 6) is 0. The summed E-state index contributed by atoms with van der Waals surface area (Å²) in [6.07, 6.45) is 0. The third-order valence-corrected chi connectivity index (χ3v) is 2.73. The van der Waals surface area contributed by atoms with Gasteiger partial charge in [0.05, 0.1) is 0 Å². The minimum atomic E-state index is -4.53. The Morgan fingerprint density at radius 2 is 1.87 bits per heavy atom. The second-order valence-corrected chi connectivity index (χ2v) is 4.30. The van der Waals surface area contributed by atoms with Gasteiger partial charge in [-0.1, -0.05) is 18.2 Å². The van der Waals surface area contributed by atoms with Gasteiger partial charge in [0.1, 0.15) is 5.58 Å². The van der Waals surface area contributed by atoms with E-state index in [1.807, 2.05) is 0 Å². The molecule has 0 aliphatic heterocycles. The van der Waals surface area contributed by atoms with Crippen molar-refractivity contribution in [2.75, 3.05) is 0 Å². The minimum Gasteiger partial charge on any atom is -0.422 e. The third-order valence-electron chi connectivity index (χ3n) is 1.89. The quantitative estimate of drug-likeness (QED) is 0.580. The van der Waals surface area contributed by atoms with Crippen LogP contribution in [0.2, 0.25) is 0 Å². The van der Waals surface area contributed by atoms with E-state index >= 15 is 0 Å². The fourth-order valence-corrected chi connectivity index (χ4v) is 1.75. The van der Waals surface area contributed by atoms with Gasteiger partial charge in [-0.05, 0) is 12.1 Å². The first kappa shape index (κ1) is 9.88. The molecule has 15 heavy (non-hydrogen) atoms. The Balaban J connectivity index is 2.91. The van der Waals surface area contributed by atoms with Crippen LogP contribution in [0.1, 0.15) is 0 Å². The van der Waals surface area contributed by atoms with Gasteiger partial charge in [-0.25, -0.2) is 4.79 Å². The lowest BCUT2D eigenvalue weighted by Crippen LogP contribution is -2.12. The van der Waals surface area contributed by atoms with E-state index in [-0.39, 0.29) is 5.58 Å². The second kappa shape index (κ2) is 3.18. The first-order valence-corrected chi connectivity index (χ1v) is 5.43. The van der Waals surface area contributed by atoms with E-state index in [9.17, 15) is 13.2 Å². The van der Waals surface area contributed by atoms with Gasteiger partial charge in [-0.15, -0.1) is 0 Å². The molecular formula is C9H6O5S. The molecule has 0 spiro atoms. The normalized spacial score (nSPS) is 11.8. The molecule has 0 unspecified atom stereocenters. The maximum absolute atomic E-state index is 11.2. The van der Waals surface area contributed by atoms with Crippen LogP contribution in [-0.2, 0) is 10.1 Å². The number of para-hydroxylation sites is 1. The van der Waals surface area contributed by atoms with Crippen molar-refractivity contribution in [3.63, 3.8) is 0 Å². The van der Waals surface area contributed by atoms with Gasteiger partial charge in [0.25, 0.3) is 0 Å². The van der Waals surface area contributed by atoms with E-state index in [4.69, 9.17) is 8.97 Å². The van der Waals surface area contributed by atoms with Crippen molar-refractivity contribution in [2.24, 2.45) is 0 Å². The van der Waals surface area contributed by atoms with Crippen molar-refractivity contribution >= 4 is 21.1 Å². The Bertz CT molecular complexity index is 668. The molecule has 0 aliphatic rings. The first-order chi connectivity index (χ1) is 6.98. The SMILES string of the molecule is O=c1oc2ccccc2cc1S(=O)(=O)O. The van der Waals surface area contributed by atoms with Gasteiger partial charge in [0.2, 0.25) is 0 Å². The Morgan fingerprint density at radius 1 is 1.20 bits per heavy atom. The largest absolute Gasteiger partial charge is 0.422 e. The van der Waals surface area contributed by atoms with Crippen LogP contribution in [0.4, 0.5) is 0 Å². The number of hydrogen-bond donors (Lipinski definition) is 1. The van der Waals surface area contributed by atoms with Crippen molar-refractivity contribution in [3.05, 3.63) is 40.8 Å². The van der Waals surface area contributed by atoms with Crippen LogP contribution >= 0.6 is 0 Å². The molecule has 0 bridgehead atoms. The van der Waals surface area contributed by atoms with E-state index in [1.54, 1.807) is 18.2 Å². The summed E-state index contributed by atoms with van der Waals surface area (Å²) in [4.78, 5) is 10.4. The average Bonchev–Trinajstić information content (AvgIpc) is 2.15. The predicted octanol–water partition coefficient (Wildman–Crippen LogP) is 1.04. The minimum absolute atomic E-state index is 0.273. The Hall–Kier alpha value is -1.66. The molecule has 0 radical (unpaired) electrons. The summed E-state index contributed by atoms with van der Waals surface area (Å²) in [5.41, 5.74) is -0.800. The molecule has 0 saturated carbocycles. The van der Waals surface area contributed by atoms with Crippen molar-refractivity contribution in [1.82, 2.24) is 0 Å². The molecule has 5 nitrogen and oxygen atoms in total. The molecule has 1 heterocycles. The van der Waals surface area contributed by atoms with Crippen LogP contribution in [0.15, 0.2) is 44.4 Å². The van der Waals surface area contributed by atoms with E-state index < -0.39 is 20.6 Å². The lowest BCUT2D eigenvalue weighted by atomic mass is 10.2. The van der Waals surface area contributed by atoms with Crippen LogP contribution < -0.4 is 5.63 Å². The zero-order valence-electron chi connectivity index (χ0n) is 7.38. The molecule has 2 aromatic rings. The predicted molar refractivity (Wildman–Crippen MR) is 52.3 cm³/mol. The highest BCUT2D eigenvalue weighted by Crippen LogP contribution is 2.14. The highest BCUT2D eigenvalue weighted by Gasteiger charge is 2.16. The number of rotatable bonds is 1. The van der Waals surface area contributed by atoms with E-state index in [0.29, 0.717) is 5.39 Å². The smallest absolute Gasteiger partial charge is 0.357 e. The van der Waals surface area contributed by atoms with E-state index in [0.717, 1.165) is 6.07 Å². The van der Waals surface area contributed by atoms with Gasteiger partial charge < -0.3 is 4.42 Å². The Kier molecular flexibility index (Phi) is 2.09. The average molecular weight is 226 g/mol. The molecule has 1 aromatic carbocycles. The fraction of sp³-hybridized carbons (Fsp3) is 0. The maximum Gasteiger partial charge on any atom is 0.357 e. The molecule has 0 saturated heterocycles.